The standard InChI is InChI=1S/C9H17NO2S/c1-2-6-13(11,12)10-5-3-4-8-7-9(8)10/h8-9H,2-7H2,1H3/t8-,9+/m1/s1. The molecule has 4 heteroatoms. The molecule has 13 heavy (non-hydrogen) atoms. The van der Waals surface area contributed by atoms with Crippen LogP contribution in [0, 0.1) is 5.92 Å². The molecule has 2 atom stereocenters. The summed E-state index contributed by atoms with van der Waals surface area (Å²) in [6, 6.07) is 0.380. The molecule has 0 N–H and O–H groups in total. The molecule has 1 saturated carbocycles. The molecule has 1 aliphatic heterocycles. The van der Waals surface area contributed by atoms with Crippen molar-refractivity contribution in [1.82, 2.24) is 4.31 Å². The van der Waals surface area contributed by atoms with Crippen LogP contribution in [0.2, 0.25) is 0 Å². The van der Waals surface area contributed by atoms with Crippen LogP contribution in [0.15, 0.2) is 0 Å². The summed E-state index contributed by atoms with van der Waals surface area (Å²) in [6.07, 6.45) is 4.14. The highest BCUT2D eigenvalue weighted by Crippen LogP contribution is 2.44. The summed E-state index contributed by atoms with van der Waals surface area (Å²) in [4.78, 5) is 0. The van der Waals surface area contributed by atoms with Crippen LogP contribution >= 0.6 is 0 Å². The molecule has 0 spiro atoms. The van der Waals surface area contributed by atoms with E-state index in [0.29, 0.717) is 17.7 Å². The lowest BCUT2D eigenvalue weighted by atomic mass is 10.2. The first-order valence-corrected chi connectivity index (χ1v) is 6.75. The van der Waals surface area contributed by atoms with Gasteiger partial charge in [0, 0.05) is 12.6 Å². The first-order chi connectivity index (χ1) is 6.15. The Hall–Kier alpha value is -0.0900. The Labute approximate surface area is 80.2 Å². The fourth-order valence-electron chi connectivity index (χ4n) is 2.29. The maximum absolute atomic E-state index is 11.7. The molecule has 1 aliphatic carbocycles. The molecule has 1 saturated heterocycles. The van der Waals surface area contributed by atoms with Gasteiger partial charge in [0.15, 0.2) is 0 Å². The number of fused-ring (bicyclic) bond motifs is 1. The Morgan fingerprint density at radius 1 is 1.46 bits per heavy atom. The van der Waals surface area contributed by atoms with Crippen LogP contribution in [0.4, 0.5) is 0 Å². The summed E-state index contributed by atoms with van der Waals surface area (Å²) in [5.74, 6) is 1.02. The van der Waals surface area contributed by atoms with Crippen molar-refractivity contribution in [3.63, 3.8) is 0 Å². The van der Waals surface area contributed by atoms with Crippen molar-refractivity contribution in [2.75, 3.05) is 12.3 Å². The molecule has 0 bridgehead atoms. The molecule has 2 aliphatic rings. The average Bonchev–Trinajstić information content (AvgIpc) is 2.80. The minimum Gasteiger partial charge on any atom is -0.212 e. The molecule has 2 rings (SSSR count). The number of nitrogens with zero attached hydrogens (tertiary/aromatic N) is 1. The maximum atomic E-state index is 11.7. The van der Waals surface area contributed by atoms with Crippen molar-refractivity contribution in [2.45, 2.75) is 38.6 Å². The van der Waals surface area contributed by atoms with E-state index in [1.54, 1.807) is 4.31 Å². The van der Waals surface area contributed by atoms with Gasteiger partial charge >= 0.3 is 0 Å². The molecule has 76 valence electrons. The van der Waals surface area contributed by atoms with E-state index in [-0.39, 0.29) is 0 Å². The van der Waals surface area contributed by atoms with Gasteiger partial charge in [0.2, 0.25) is 10.0 Å². The van der Waals surface area contributed by atoms with Crippen LogP contribution in [0.5, 0.6) is 0 Å². The summed E-state index contributed by atoms with van der Waals surface area (Å²) >= 11 is 0. The predicted octanol–water partition coefficient (Wildman–Crippen LogP) is 1.21. The lowest BCUT2D eigenvalue weighted by molar-refractivity contribution is 0.334. The molecule has 0 aromatic carbocycles. The Morgan fingerprint density at radius 3 is 2.92 bits per heavy atom. The summed E-state index contributed by atoms with van der Waals surface area (Å²) in [7, 11) is -2.91. The second-order valence-electron chi connectivity index (χ2n) is 4.13. The first-order valence-electron chi connectivity index (χ1n) is 5.14. The van der Waals surface area contributed by atoms with E-state index in [9.17, 15) is 8.42 Å². The van der Waals surface area contributed by atoms with Gasteiger partial charge in [0.25, 0.3) is 0 Å². The van der Waals surface area contributed by atoms with Crippen molar-refractivity contribution in [2.24, 2.45) is 5.92 Å². The van der Waals surface area contributed by atoms with Crippen molar-refractivity contribution in [1.29, 1.82) is 0 Å². The monoisotopic (exact) mass is 203 g/mol. The summed E-state index contributed by atoms with van der Waals surface area (Å²) in [6.45, 7) is 2.69. The molecule has 0 unspecified atom stereocenters. The Balaban J connectivity index is 2.07. The van der Waals surface area contributed by atoms with Crippen LogP contribution < -0.4 is 0 Å². The van der Waals surface area contributed by atoms with Gasteiger partial charge in [-0.1, -0.05) is 6.92 Å². The lowest BCUT2D eigenvalue weighted by Crippen LogP contribution is -2.38. The quantitative estimate of drug-likeness (QED) is 0.691. The van der Waals surface area contributed by atoms with Gasteiger partial charge in [-0.05, 0) is 31.6 Å². The van der Waals surface area contributed by atoms with Gasteiger partial charge < -0.3 is 0 Å². The van der Waals surface area contributed by atoms with Crippen LogP contribution in [-0.4, -0.2) is 31.1 Å². The number of piperidine rings is 1. The van der Waals surface area contributed by atoms with E-state index in [1.165, 1.54) is 6.42 Å². The van der Waals surface area contributed by atoms with Crippen molar-refractivity contribution in [3.05, 3.63) is 0 Å². The smallest absolute Gasteiger partial charge is 0.212 e. The fraction of sp³-hybridized carbons (Fsp3) is 1.00. The van der Waals surface area contributed by atoms with Crippen molar-refractivity contribution < 1.29 is 8.42 Å². The number of rotatable bonds is 3. The molecule has 1 heterocycles. The van der Waals surface area contributed by atoms with Crippen LogP contribution in [0.25, 0.3) is 0 Å². The van der Waals surface area contributed by atoms with Gasteiger partial charge in [0.05, 0.1) is 5.75 Å². The van der Waals surface area contributed by atoms with Crippen LogP contribution in [0.3, 0.4) is 0 Å². The third-order valence-electron chi connectivity index (χ3n) is 3.03. The Morgan fingerprint density at radius 2 is 2.23 bits per heavy atom. The molecule has 0 radical (unpaired) electrons. The third kappa shape index (κ3) is 1.74. The number of hydrogen-bond acceptors (Lipinski definition) is 2. The molecule has 0 aromatic rings. The molecule has 3 nitrogen and oxygen atoms in total. The lowest BCUT2D eigenvalue weighted by Gasteiger charge is -2.25. The first kappa shape index (κ1) is 9.46. The largest absolute Gasteiger partial charge is 0.214 e. The zero-order valence-corrected chi connectivity index (χ0v) is 8.89. The summed E-state index contributed by atoms with van der Waals surface area (Å²) in [5.41, 5.74) is 0. The molecule has 2 fully saturated rings. The van der Waals surface area contributed by atoms with E-state index >= 15 is 0 Å². The minimum absolute atomic E-state index is 0.330. The second kappa shape index (κ2) is 3.24. The van der Waals surface area contributed by atoms with E-state index in [1.807, 2.05) is 6.92 Å². The highest BCUT2D eigenvalue weighted by molar-refractivity contribution is 7.89. The van der Waals surface area contributed by atoms with Crippen LogP contribution in [-0.2, 0) is 10.0 Å². The molecular formula is C9H17NO2S. The molecular weight excluding hydrogens is 186 g/mol. The third-order valence-corrected chi connectivity index (χ3v) is 5.12. The summed E-state index contributed by atoms with van der Waals surface area (Å²) in [5, 5.41) is 0. The van der Waals surface area contributed by atoms with Crippen molar-refractivity contribution in [3.8, 4) is 0 Å². The zero-order chi connectivity index (χ0) is 9.47. The number of hydrogen-bond donors (Lipinski definition) is 0. The van der Waals surface area contributed by atoms with Gasteiger partial charge in [-0.2, -0.15) is 4.31 Å². The van der Waals surface area contributed by atoms with Crippen molar-refractivity contribution >= 4 is 10.0 Å². The van der Waals surface area contributed by atoms with Gasteiger partial charge in [-0.3, -0.25) is 0 Å². The molecule has 0 aromatic heterocycles. The maximum Gasteiger partial charge on any atom is 0.214 e. The van der Waals surface area contributed by atoms with Gasteiger partial charge in [0.1, 0.15) is 0 Å². The van der Waals surface area contributed by atoms with E-state index in [4.69, 9.17) is 0 Å². The van der Waals surface area contributed by atoms with E-state index < -0.39 is 10.0 Å². The topological polar surface area (TPSA) is 37.4 Å². The minimum atomic E-state index is -2.91. The molecule has 0 amide bonds. The summed E-state index contributed by atoms with van der Waals surface area (Å²) < 4.78 is 25.3. The SMILES string of the molecule is CCCS(=O)(=O)N1CCC[C@@H]2C[C@@H]21. The average molecular weight is 203 g/mol. The van der Waals surface area contributed by atoms with Gasteiger partial charge in [-0.25, -0.2) is 8.42 Å². The highest BCUT2D eigenvalue weighted by Gasteiger charge is 2.48. The predicted molar refractivity (Wildman–Crippen MR) is 51.9 cm³/mol. The van der Waals surface area contributed by atoms with Crippen LogP contribution in [0.1, 0.15) is 32.6 Å². The van der Waals surface area contributed by atoms with Gasteiger partial charge in [-0.15, -0.1) is 0 Å². The second-order valence-corrected chi connectivity index (χ2v) is 6.17. The Kier molecular flexibility index (Phi) is 2.36. The fourth-order valence-corrected chi connectivity index (χ4v) is 4.12. The zero-order valence-electron chi connectivity index (χ0n) is 8.07. The number of sulfonamides is 1. The highest BCUT2D eigenvalue weighted by atomic mass is 32.2. The van der Waals surface area contributed by atoms with E-state index in [0.717, 1.165) is 25.8 Å². The normalized spacial score (nSPS) is 34.2. The Bertz CT molecular complexity index is 286. The van der Waals surface area contributed by atoms with E-state index in [2.05, 4.69) is 0 Å².